The molecule has 0 aliphatic rings. The standard InChI is InChI=1S/C20H19N3O3/c1-12(2)18-22-20(26-23-18)17-10-5-4-9-16(17)19(25)21-15-8-6-7-14(11-15)13(3)24/h4-12H,1-3H3,(H,21,25). The third-order valence-electron chi connectivity index (χ3n) is 3.89. The number of nitrogens with one attached hydrogen (secondary N) is 1. The summed E-state index contributed by atoms with van der Waals surface area (Å²) in [4.78, 5) is 28.6. The molecule has 1 aromatic heterocycles. The van der Waals surface area contributed by atoms with Crippen LogP contribution in [-0.4, -0.2) is 21.8 Å². The van der Waals surface area contributed by atoms with Crippen LogP contribution in [0.15, 0.2) is 53.1 Å². The van der Waals surface area contributed by atoms with Crippen LogP contribution in [0, 0.1) is 0 Å². The number of carbonyl (C=O) groups is 2. The molecule has 0 unspecified atom stereocenters. The molecule has 0 saturated carbocycles. The number of rotatable bonds is 5. The second kappa shape index (κ2) is 7.31. The lowest BCUT2D eigenvalue weighted by atomic mass is 10.1. The summed E-state index contributed by atoms with van der Waals surface area (Å²) in [6.45, 7) is 5.42. The van der Waals surface area contributed by atoms with Crippen molar-refractivity contribution in [2.24, 2.45) is 0 Å². The highest BCUT2D eigenvalue weighted by atomic mass is 16.5. The van der Waals surface area contributed by atoms with E-state index in [1.54, 1.807) is 42.5 Å². The maximum atomic E-state index is 12.7. The van der Waals surface area contributed by atoms with Gasteiger partial charge in [0.25, 0.3) is 11.8 Å². The molecule has 0 radical (unpaired) electrons. The van der Waals surface area contributed by atoms with Crippen molar-refractivity contribution in [3.63, 3.8) is 0 Å². The van der Waals surface area contributed by atoms with Crippen LogP contribution in [0.2, 0.25) is 0 Å². The third-order valence-corrected chi connectivity index (χ3v) is 3.89. The van der Waals surface area contributed by atoms with Crippen molar-refractivity contribution < 1.29 is 14.1 Å². The van der Waals surface area contributed by atoms with Crippen LogP contribution in [-0.2, 0) is 0 Å². The first-order valence-corrected chi connectivity index (χ1v) is 8.31. The molecule has 0 atom stereocenters. The lowest BCUT2D eigenvalue weighted by Crippen LogP contribution is -2.13. The number of hydrogen-bond donors (Lipinski definition) is 1. The molecular weight excluding hydrogens is 330 g/mol. The van der Waals surface area contributed by atoms with Crippen molar-refractivity contribution in [2.45, 2.75) is 26.7 Å². The number of benzene rings is 2. The summed E-state index contributed by atoms with van der Waals surface area (Å²) in [6.07, 6.45) is 0. The van der Waals surface area contributed by atoms with E-state index in [-0.39, 0.29) is 17.6 Å². The van der Waals surface area contributed by atoms with Crippen LogP contribution < -0.4 is 5.32 Å². The van der Waals surface area contributed by atoms with Crippen LogP contribution in [0.3, 0.4) is 0 Å². The molecular formula is C20H19N3O3. The Bertz CT molecular complexity index is 960. The highest BCUT2D eigenvalue weighted by molar-refractivity contribution is 6.08. The SMILES string of the molecule is CC(=O)c1cccc(NC(=O)c2ccccc2-c2nc(C(C)C)no2)c1. The maximum absolute atomic E-state index is 12.7. The third kappa shape index (κ3) is 3.69. The Balaban J connectivity index is 1.90. The lowest BCUT2D eigenvalue weighted by Gasteiger charge is -2.08. The minimum atomic E-state index is -0.314. The van der Waals surface area contributed by atoms with Crippen LogP contribution in [0.25, 0.3) is 11.5 Å². The average Bonchev–Trinajstić information content (AvgIpc) is 3.12. The number of carbonyl (C=O) groups excluding carboxylic acids is 2. The molecule has 0 aliphatic heterocycles. The number of anilines is 1. The molecule has 0 saturated heterocycles. The second-order valence-corrected chi connectivity index (χ2v) is 6.25. The summed E-state index contributed by atoms with van der Waals surface area (Å²) in [5.41, 5.74) is 2.06. The van der Waals surface area contributed by atoms with Gasteiger partial charge < -0.3 is 9.84 Å². The molecule has 132 valence electrons. The predicted octanol–water partition coefficient (Wildman–Crippen LogP) is 4.31. The van der Waals surface area contributed by atoms with E-state index in [0.29, 0.717) is 34.1 Å². The van der Waals surface area contributed by atoms with Crippen molar-refractivity contribution in [1.82, 2.24) is 10.1 Å². The molecule has 2 aromatic carbocycles. The van der Waals surface area contributed by atoms with Gasteiger partial charge in [-0.15, -0.1) is 0 Å². The zero-order valence-electron chi connectivity index (χ0n) is 14.8. The van der Waals surface area contributed by atoms with Crippen molar-refractivity contribution in [2.75, 3.05) is 5.32 Å². The fourth-order valence-electron chi connectivity index (χ4n) is 2.46. The zero-order valence-corrected chi connectivity index (χ0v) is 14.8. The van der Waals surface area contributed by atoms with Crippen LogP contribution in [0.5, 0.6) is 0 Å². The van der Waals surface area contributed by atoms with E-state index in [4.69, 9.17) is 4.52 Å². The Kier molecular flexibility index (Phi) is 4.93. The Hall–Kier alpha value is -3.28. The number of amides is 1. The van der Waals surface area contributed by atoms with Gasteiger partial charge in [0.15, 0.2) is 11.6 Å². The van der Waals surface area contributed by atoms with Gasteiger partial charge in [0.1, 0.15) is 0 Å². The van der Waals surface area contributed by atoms with Crippen molar-refractivity contribution in [3.8, 4) is 11.5 Å². The minimum absolute atomic E-state index is 0.0615. The predicted molar refractivity (Wildman–Crippen MR) is 98.2 cm³/mol. The summed E-state index contributed by atoms with van der Waals surface area (Å²) >= 11 is 0. The summed E-state index contributed by atoms with van der Waals surface area (Å²) in [5, 5.41) is 6.76. The van der Waals surface area contributed by atoms with E-state index in [9.17, 15) is 9.59 Å². The molecule has 0 aliphatic carbocycles. The Morgan fingerprint density at radius 2 is 1.85 bits per heavy atom. The summed E-state index contributed by atoms with van der Waals surface area (Å²) < 4.78 is 5.32. The highest BCUT2D eigenvalue weighted by Gasteiger charge is 2.18. The molecule has 6 nitrogen and oxygen atoms in total. The maximum Gasteiger partial charge on any atom is 0.258 e. The Labute approximate surface area is 151 Å². The molecule has 26 heavy (non-hydrogen) atoms. The topological polar surface area (TPSA) is 85.1 Å². The molecule has 0 spiro atoms. The summed E-state index contributed by atoms with van der Waals surface area (Å²) in [5.74, 6) is 0.642. The zero-order chi connectivity index (χ0) is 18.7. The van der Waals surface area contributed by atoms with E-state index < -0.39 is 0 Å². The van der Waals surface area contributed by atoms with Crippen molar-refractivity contribution >= 4 is 17.4 Å². The van der Waals surface area contributed by atoms with Gasteiger partial charge in [-0.2, -0.15) is 4.98 Å². The van der Waals surface area contributed by atoms with Gasteiger partial charge in [-0.25, -0.2) is 0 Å². The van der Waals surface area contributed by atoms with Crippen LogP contribution in [0.4, 0.5) is 5.69 Å². The fourth-order valence-corrected chi connectivity index (χ4v) is 2.46. The van der Waals surface area contributed by atoms with E-state index in [1.807, 2.05) is 19.9 Å². The van der Waals surface area contributed by atoms with Crippen molar-refractivity contribution in [3.05, 3.63) is 65.5 Å². The van der Waals surface area contributed by atoms with Gasteiger partial charge in [-0.05, 0) is 31.2 Å². The molecule has 1 N–H and O–H groups in total. The molecule has 3 aromatic rings. The van der Waals surface area contributed by atoms with Gasteiger partial charge in [-0.1, -0.05) is 43.3 Å². The Morgan fingerprint density at radius 1 is 1.08 bits per heavy atom. The van der Waals surface area contributed by atoms with E-state index in [1.165, 1.54) is 6.92 Å². The number of Topliss-reactive ketones (excluding diaryl/α,β-unsaturated/α-hetero) is 1. The number of hydrogen-bond acceptors (Lipinski definition) is 5. The van der Waals surface area contributed by atoms with Gasteiger partial charge in [0, 0.05) is 17.2 Å². The monoisotopic (exact) mass is 349 g/mol. The lowest BCUT2D eigenvalue weighted by molar-refractivity contribution is 0.101. The summed E-state index contributed by atoms with van der Waals surface area (Å²) in [6, 6.07) is 13.8. The van der Waals surface area contributed by atoms with Crippen molar-refractivity contribution in [1.29, 1.82) is 0 Å². The molecule has 1 amide bonds. The molecule has 0 bridgehead atoms. The average molecular weight is 349 g/mol. The second-order valence-electron chi connectivity index (χ2n) is 6.25. The molecule has 3 rings (SSSR count). The first kappa shape index (κ1) is 17.5. The molecule has 1 heterocycles. The van der Waals surface area contributed by atoms with Gasteiger partial charge in [-0.3, -0.25) is 9.59 Å². The normalized spacial score (nSPS) is 10.8. The first-order valence-electron chi connectivity index (χ1n) is 8.31. The van der Waals surface area contributed by atoms with Crippen LogP contribution in [0.1, 0.15) is 53.2 Å². The number of nitrogens with zero attached hydrogens (tertiary/aromatic N) is 2. The molecule has 0 fully saturated rings. The van der Waals surface area contributed by atoms with E-state index in [0.717, 1.165) is 0 Å². The quantitative estimate of drug-likeness (QED) is 0.694. The fraction of sp³-hybridized carbons (Fsp3) is 0.200. The van der Waals surface area contributed by atoms with E-state index in [2.05, 4.69) is 15.5 Å². The Morgan fingerprint density at radius 3 is 2.54 bits per heavy atom. The van der Waals surface area contributed by atoms with Gasteiger partial charge in [0.05, 0.1) is 11.1 Å². The largest absolute Gasteiger partial charge is 0.334 e. The van der Waals surface area contributed by atoms with Gasteiger partial charge >= 0.3 is 0 Å². The minimum Gasteiger partial charge on any atom is -0.334 e. The first-order chi connectivity index (χ1) is 12.5. The smallest absolute Gasteiger partial charge is 0.258 e. The summed E-state index contributed by atoms with van der Waals surface area (Å²) in [7, 11) is 0. The number of aromatic nitrogens is 2. The van der Waals surface area contributed by atoms with E-state index >= 15 is 0 Å². The number of ketones is 1. The highest BCUT2D eigenvalue weighted by Crippen LogP contribution is 2.25. The van der Waals surface area contributed by atoms with Crippen LogP contribution >= 0.6 is 0 Å². The van der Waals surface area contributed by atoms with Gasteiger partial charge in [0.2, 0.25) is 0 Å². The molecule has 6 heteroatoms.